The normalized spacial score (nSPS) is 24.4. The van der Waals surface area contributed by atoms with Gasteiger partial charge >= 0.3 is 14.1 Å². The fourth-order valence-corrected chi connectivity index (χ4v) is 3.82. The molecule has 1 aliphatic heterocycles. The Hall–Kier alpha value is -2.24. The van der Waals surface area contributed by atoms with Gasteiger partial charge in [-0.25, -0.2) is 15.0 Å². The van der Waals surface area contributed by atoms with E-state index in [4.69, 9.17) is 14.0 Å². The van der Waals surface area contributed by atoms with E-state index in [1.165, 1.54) is 6.33 Å². The molecule has 30 heavy (non-hydrogen) atoms. The molecular weight excluding hydrogens is 415 g/mol. The SMILES string of the molecule is CNc1ncnc2c1ncn2[C@@H]1O[C@H](CO[P+](=O)NCC(=O)OC(C)C)[C@@H](O)[C@@H]1C. The maximum Gasteiger partial charge on any atom is 0.613 e. The summed E-state index contributed by atoms with van der Waals surface area (Å²) in [6.45, 7) is 4.92. The van der Waals surface area contributed by atoms with Gasteiger partial charge in [0.05, 0.1) is 18.5 Å². The number of hydrogen-bond acceptors (Lipinski definition) is 10. The lowest BCUT2D eigenvalue weighted by atomic mass is 10.0. The second-order valence-electron chi connectivity index (χ2n) is 7.14. The lowest BCUT2D eigenvalue weighted by Crippen LogP contribution is -2.29. The van der Waals surface area contributed by atoms with Crippen molar-refractivity contribution in [2.75, 3.05) is 25.5 Å². The lowest BCUT2D eigenvalue weighted by Gasteiger charge is -2.17. The van der Waals surface area contributed by atoms with Crippen molar-refractivity contribution in [2.45, 2.75) is 45.3 Å². The van der Waals surface area contributed by atoms with Crippen molar-refractivity contribution in [1.82, 2.24) is 24.6 Å². The third-order valence-corrected chi connectivity index (χ3v) is 5.43. The highest BCUT2D eigenvalue weighted by Gasteiger charge is 2.44. The van der Waals surface area contributed by atoms with Crippen LogP contribution in [0.15, 0.2) is 12.7 Å². The molecule has 1 fully saturated rings. The van der Waals surface area contributed by atoms with E-state index >= 15 is 0 Å². The molecule has 1 aliphatic rings. The van der Waals surface area contributed by atoms with Gasteiger partial charge in [0.15, 0.2) is 11.5 Å². The number of ether oxygens (including phenoxy) is 2. The van der Waals surface area contributed by atoms with E-state index in [1.54, 1.807) is 31.8 Å². The first kappa shape index (κ1) is 22.4. The van der Waals surface area contributed by atoms with Gasteiger partial charge in [-0.05, 0) is 18.4 Å². The van der Waals surface area contributed by atoms with E-state index < -0.39 is 32.6 Å². The summed E-state index contributed by atoms with van der Waals surface area (Å²) in [6.07, 6.45) is 0.643. The van der Waals surface area contributed by atoms with Crippen molar-refractivity contribution >= 4 is 31.1 Å². The number of esters is 1. The molecule has 2 aromatic heterocycles. The molecule has 0 amide bonds. The molecule has 2 aromatic rings. The molecule has 1 saturated heterocycles. The Balaban J connectivity index is 1.59. The van der Waals surface area contributed by atoms with Crippen molar-refractivity contribution < 1.29 is 28.5 Å². The van der Waals surface area contributed by atoms with Crippen LogP contribution in [0.2, 0.25) is 0 Å². The van der Waals surface area contributed by atoms with Gasteiger partial charge in [0.25, 0.3) is 0 Å². The van der Waals surface area contributed by atoms with Crippen LogP contribution in [-0.4, -0.2) is 69.1 Å². The Morgan fingerprint density at radius 2 is 2.17 bits per heavy atom. The van der Waals surface area contributed by atoms with Crippen molar-refractivity contribution in [1.29, 1.82) is 0 Å². The number of aliphatic hydroxyl groups is 1. The summed E-state index contributed by atoms with van der Waals surface area (Å²) in [5.41, 5.74) is 1.15. The number of carbonyl (C=O) groups is 1. The maximum absolute atomic E-state index is 12.0. The zero-order valence-electron chi connectivity index (χ0n) is 17.2. The summed E-state index contributed by atoms with van der Waals surface area (Å²) in [5, 5.41) is 16.0. The second-order valence-corrected chi connectivity index (χ2v) is 8.23. The van der Waals surface area contributed by atoms with Gasteiger partial charge < -0.3 is 19.9 Å². The monoisotopic (exact) mass is 441 g/mol. The van der Waals surface area contributed by atoms with Crippen molar-refractivity contribution in [3.05, 3.63) is 12.7 Å². The molecule has 12 nitrogen and oxygen atoms in total. The van der Waals surface area contributed by atoms with Crippen LogP contribution in [0.3, 0.4) is 0 Å². The minimum Gasteiger partial charge on any atom is -0.462 e. The molecule has 5 atom stereocenters. The zero-order chi connectivity index (χ0) is 21.8. The predicted molar refractivity (Wildman–Crippen MR) is 107 cm³/mol. The van der Waals surface area contributed by atoms with Crippen LogP contribution in [0, 0.1) is 5.92 Å². The highest BCUT2D eigenvalue weighted by Crippen LogP contribution is 2.37. The fraction of sp³-hybridized carbons (Fsp3) is 0.647. The fourth-order valence-electron chi connectivity index (χ4n) is 3.19. The van der Waals surface area contributed by atoms with Gasteiger partial charge in [0, 0.05) is 13.0 Å². The third-order valence-electron chi connectivity index (χ3n) is 4.63. The number of carbonyl (C=O) groups excluding carboxylic acids is 1. The van der Waals surface area contributed by atoms with E-state index in [0.717, 1.165) is 0 Å². The Labute approximate surface area is 174 Å². The van der Waals surface area contributed by atoms with Gasteiger partial charge in [-0.3, -0.25) is 9.36 Å². The number of nitrogens with zero attached hydrogens (tertiary/aromatic N) is 4. The molecule has 3 rings (SSSR count). The van der Waals surface area contributed by atoms with E-state index in [2.05, 4.69) is 25.4 Å². The first-order valence-electron chi connectivity index (χ1n) is 9.53. The van der Waals surface area contributed by atoms with Crippen LogP contribution in [0.5, 0.6) is 0 Å². The van der Waals surface area contributed by atoms with E-state index in [9.17, 15) is 14.5 Å². The molecule has 0 bridgehead atoms. The maximum atomic E-state index is 12.0. The quantitative estimate of drug-likeness (QED) is 0.377. The summed E-state index contributed by atoms with van der Waals surface area (Å²) in [6, 6.07) is 0. The first-order chi connectivity index (χ1) is 14.3. The van der Waals surface area contributed by atoms with Crippen LogP contribution in [-0.2, 0) is 23.4 Å². The summed E-state index contributed by atoms with van der Waals surface area (Å²) < 4.78 is 29.8. The van der Waals surface area contributed by atoms with Gasteiger partial charge in [-0.2, -0.15) is 0 Å². The van der Waals surface area contributed by atoms with Gasteiger partial charge in [0.1, 0.15) is 37.3 Å². The van der Waals surface area contributed by atoms with Crippen molar-refractivity contribution in [2.24, 2.45) is 5.92 Å². The minimum absolute atomic E-state index is 0.118. The molecule has 3 heterocycles. The minimum atomic E-state index is -2.32. The Kier molecular flexibility index (Phi) is 7.27. The van der Waals surface area contributed by atoms with Crippen LogP contribution in [0.1, 0.15) is 27.0 Å². The van der Waals surface area contributed by atoms with Crippen LogP contribution < -0.4 is 10.4 Å². The summed E-state index contributed by atoms with van der Waals surface area (Å²) in [7, 11) is -0.581. The number of hydrogen-bond donors (Lipinski definition) is 3. The smallest absolute Gasteiger partial charge is 0.462 e. The Morgan fingerprint density at radius 3 is 2.87 bits per heavy atom. The number of aliphatic hydroxyl groups excluding tert-OH is 1. The lowest BCUT2D eigenvalue weighted by molar-refractivity contribution is -0.145. The molecule has 3 N–H and O–H groups in total. The van der Waals surface area contributed by atoms with Crippen LogP contribution >= 0.6 is 8.18 Å². The highest BCUT2D eigenvalue weighted by atomic mass is 31.1. The van der Waals surface area contributed by atoms with Crippen LogP contribution in [0.25, 0.3) is 11.2 Å². The molecule has 164 valence electrons. The number of fused-ring (bicyclic) bond motifs is 1. The Bertz CT molecular complexity index is 908. The topological polar surface area (TPSA) is 150 Å². The van der Waals surface area contributed by atoms with E-state index in [1.807, 2.05) is 6.92 Å². The van der Waals surface area contributed by atoms with E-state index in [0.29, 0.717) is 17.0 Å². The summed E-state index contributed by atoms with van der Waals surface area (Å²) in [5.74, 6) is -0.238. The molecular formula is C17H26N6O6P+. The summed E-state index contributed by atoms with van der Waals surface area (Å²) in [4.78, 5) is 24.2. The average Bonchev–Trinajstić information content (AvgIpc) is 3.26. The molecule has 0 aromatic carbocycles. The summed E-state index contributed by atoms with van der Waals surface area (Å²) >= 11 is 0. The van der Waals surface area contributed by atoms with Gasteiger partial charge in [-0.15, -0.1) is 4.52 Å². The molecule has 0 radical (unpaired) electrons. The molecule has 13 heteroatoms. The second kappa shape index (κ2) is 9.71. The van der Waals surface area contributed by atoms with Crippen molar-refractivity contribution in [3.8, 4) is 0 Å². The number of aromatic nitrogens is 4. The first-order valence-corrected chi connectivity index (χ1v) is 10.7. The van der Waals surface area contributed by atoms with Crippen molar-refractivity contribution in [3.63, 3.8) is 0 Å². The number of imidazole rings is 1. The van der Waals surface area contributed by atoms with E-state index in [-0.39, 0.29) is 25.2 Å². The number of nitrogens with one attached hydrogen (secondary N) is 2. The largest absolute Gasteiger partial charge is 0.613 e. The predicted octanol–water partition coefficient (Wildman–Crippen LogP) is 0.978. The zero-order valence-corrected chi connectivity index (χ0v) is 18.1. The molecule has 1 unspecified atom stereocenters. The standard InChI is InChI=1S/C17H26N6O6P/c1-9(2)28-12(24)5-22-30(26)27-6-11-14(25)10(3)17(29-11)23-8-21-13-15(18-4)19-7-20-16(13)23/h7-11,14,17,25H,5-6H2,1-4H3,(H,22,26)(H,18,19,20)/q+1/t10-,11+,14-,17+/m0/s1. The molecule has 0 spiro atoms. The third kappa shape index (κ3) is 4.90. The van der Waals surface area contributed by atoms with Gasteiger partial charge in [-0.1, -0.05) is 12.0 Å². The average molecular weight is 441 g/mol. The number of rotatable bonds is 9. The van der Waals surface area contributed by atoms with Gasteiger partial charge in [0.2, 0.25) is 0 Å². The molecule has 0 saturated carbocycles. The highest BCUT2D eigenvalue weighted by molar-refractivity contribution is 7.36. The van der Waals surface area contributed by atoms with Crippen LogP contribution in [0.4, 0.5) is 5.82 Å². The number of anilines is 1. The Morgan fingerprint density at radius 1 is 1.40 bits per heavy atom. The molecule has 0 aliphatic carbocycles.